The first-order valence-electron chi connectivity index (χ1n) is 27.2. The molecule has 3 fully saturated rings. The van der Waals surface area contributed by atoms with Crippen molar-refractivity contribution in [2.75, 3.05) is 59.4 Å². The molecule has 71 heavy (non-hydrogen) atoms. The minimum atomic E-state index is -0.804. The van der Waals surface area contributed by atoms with Crippen LogP contribution in [0.15, 0.2) is 53.5 Å². The van der Waals surface area contributed by atoms with Crippen LogP contribution in [0.2, 0.25) is 0 Å². The van der Waals surface area contributed by atoms with Crippen molar-refractivity contribution >= 4 is 45.7 Å². The van der Waals surface area contributed by atoms with Crippen LogP contribution in [0, 0.1) is 6.92 Å². The fourth-order valence-electron chi connectivity index (χ4n) is 10.9. The van der Waals surface area contributed by atoms with Crippen LogP contribution in [-0.2, 0) is 43.7 Å². The van der Waals surface area contributed by atoms with Crippen LogP contribution in [0.4, 0.5) is 4.79 Å². The maximum Gasteiger partial charge on any atom is 0.318 e. The van der Waals surface area contributed by atoms with Crippen molar-refractivity contribution in [1.82, 2.24) is 39.3 Å². The summed E-state index contributed by atoms with van der Waals surface area (Å²) >= 11 is 0. The second kappa shape index (κ2) is 27.0. The highest BCUT2D eigenvalue weighted by molar-refractivity contribution is 5.88. The average Bonchev–Trinajstić information content (AvgIpc) is 3.81. The predicted molar refractivity (Wildman–Crippen MR) is 279 cm³/mol. The number of para-hydroxylation sites is 1. The number of piperidine rings is 2. The van der Waals surface area contributed by atoms with E-state index < -0.39 is 6.04 Å². The first-order valence-corrected chi connectivity index (χ1v) is 27.2. The average molecular weight is 979 g/mol. The van der Waals surface area contributed by atoms with Gasteiger partial charge in [-0.05, 0) is 106 Å². The van der Waals surface area contributed by atoms with Crippen LogP contribution in [0.25, 0.3) is 21.8 Å². The minimum Gasteiger partial charge on any atom is -0.444 e. The molecule has 1 unspecified atom stereocenters. The van der Waals surface area contributed by atoms with E-state index in [-0.39, 0.29) is 48.8 Å². The summed E-state index contributed by atoms with van der Waals surface area (Å²) in [7, 11) is 2.17. The number of fused-ring (bicyclic) bond motifs is 2. The smallest absolute Gasteiger partial charge is 0.318 e. The predicted octanol–water partition coefficient (Wildman–Crippen LogP) is 8.90. The number of hydrogen-bond acceptors (Lipinski definition) is 10. The maximum atomic E-state index is 14.6. The Morgan fingerprint density at radius 2 is 1.32 bits per heavy atom. The number of carbonyl (C=O) groups is 4. The van der Waals surface area contributed by atoms with Crippen molar-refractivity contribution in [1.29, 1.82) is 0 Å². The molecule has 2 aromatic heterocycles. The van der Waals surface area contributed by atoms with Crippen molar-refractivity contribution < 1.29 is 28.7 Å². The summed E-state index contributed by atoms with van der Waals surface area (Å²) in [6, 6.07) is 13.1. The summed E-state index contributed by atoms with van der Waals surface area (Å²) in [5.41, 5.74) is 3.82. The molecule has 3 saturated heterocycles. The van der Waals surface area contributed by atoms with E-state index in [1.165, 1.54) is 38.5 Å². The third-order valence-electron chi connectivity index (χ3n) is 15.2. The summed E-state index contributed by atoms with van der Waals surface area (Å²) < 4.78 is 14.5. The van der Waals surface area contributed by atoms with Gasteiger partial charge in [0.25, 0.3) is 5.56 Å². The van der Waals surface area contributed by atoms with Gasteiger partial charge in [-0.25, -0.2) is 9.48 Å². The molecule has 1 N–H and O–H groups in total. The van der Waals surface area contributed by atoms with Crippen molar-refractivity contribution in [3.05, 3.63) is 75.7 Å². The van der Waals surface area contributed by atoms with Crippen LogP contribution < -0.4 is 10.9 Å². The number of likely N-dealkylation sites (tertiary alicyclic amines) is 2. The van der Waals surface area contributed by atoms with Crippen molar-refractivity contribution in [2.24, 2.45) is 0 Å². The number of aryl methyl sites for hydroxylation is 1. The van der Waals surface area contributed by atoms with E-state index >= 15 is 0 Å². The SMILES string of the molecule is CCCCCCCCC(=O)OCn1cc2cc(CC(NC(=O)N3CCC(c4cc5ccccc5n(COC(=O)CCCCCCCC)c4=O)CC3)C(=O)N3CCN(C4CCN(C)CC4)CC3)cc(C)c2n1. The van der Waals surface area contributed by atoms with Gasteiger partial charge in [-0.15, -0.1) is 0 Å². The molecule has 3 amide bonds. The topological polar surface area (TPSA) is 152 Å². The lowest BCUT2D eigenvalue weighted by Gasteiger charge is -2.43. The molecule has 3 aliphatic rings. The Kier molecular flexibility index (Phi) is 20.3. The number of ether oxygens (including phenoxy) is 2. The molecule has 15 nitrogen and oxygen atoms in total. The van der Waals surface area contributed by atoms with E-state index in [1.807, 2.05) is 60.5 Å². The number of rotatable bonds is 24. The Morgan fingerprint density at radius 1 is 0.704 bits per heavy atom. The second-order valence-electron chi connectivity index (χ2n) is 20.6. The van der Waals surface area contributed by atoms with Gasteiger partial charge in [0, 0.05) is 81.7 Å². The number of nitrogens with zero attached hydrogens (tertiary/aromatic N) is 7. The molecule has 3 aliphatic heterocycles. The maximum absolute atomic E-state index is 14.6. The van der Waals surface area contributed by atoms with E-state index in [0.29, 0.717) is 75.4 Å². The quantitative estimate of drug-likeness (QED) is 0.0533. The van der Waals surface area contributed by atoms with Gasteiger partial charge in [0.15, 0.2) is 13.5 Å². The summed E-state index contributed by atoms with van der Waals surface area (Å²) in [6.45, 7) is 12.1. The third kappa shape index (κ3) is 15.1. The number of carbonyl (C=O) groups excluding carboxylic acids is 4. The van der Waals surface area contributed by atoms with Crippen LogP contribution in [0.5, 0.6) is 0 Å². The van der Waals surface area contributed by atoms with Crippen LogP contribution in [0.3, 0.4) is 0 Å². The highest BCUT2D eigenvalue weighted by atomic mass is 16.5. The van der Waals surface area contributed by atoms with E-state index in [1.54, 1.807) is 14.1 Å². The van der Waals surface area contributed by atoms with Crippen LogP contribution in [-0.4, -0.2) is 129 Å². The van der Waals surface area contributed by atoms with Crippen molar-refractivity contribution in [3.63, 3.8) is 0 Å². The first kappa shape index (κ1) is 53.5. The standard InChI is InChI=1S/C56H82N8O7/c1-5-7-9-11-13-15-21-51(65)70-40-63-39-46-36-43(35-42(3)53(46)58-63)37-49(55(68)61-33-31-60(32-34-61)47-25-27-59(4)28-26-47)57-56(69)62-29-23-44(24-30-62)48-38-45-19-17-18-20-50(45)64(54(48)67)41-71-52(66)22-16-14-12-10-8-6-2/h17-20,35-36,38-39,44,47,49H,5-16,21-34,37,40-41H2,1-4H3,(H,57,69). The van der Waals surface area contributed by atoms with Gasteiger partial charge >= 0.3 is 18.0 Å². The van der Waals surface area contributed by atoms with E-state index in [9.17, 15) is 24.0 Å². The summed E-state index contributed by atoms with van der Waals surface area (Å²) in [6.07, 6.45) is 19.3. The number of esters is 2. The molecule has 5 heterocycles. The van der Waals surface area contributed by atoms with Crippen molar-refractivity contribution in [3.8, 4) is 0 Å². The Bertz CT molecular complexity index is 2430. The molecular formula is C56H82N8O7. The van der Waals surface area contributed by atoms with Gasteiger partial charge in [0.2, 0.25) is 5.91 Å². The fraction of sp³-hybridized carbons (Fsp3) is 0.643. The Hall–Kier alpha value is -5.28. The number of unbranched alkanes of at least 4 members (excludes halogenated alkanes) is 10. The third-order valence-corrected chi connectivity index (χ3v) is 15.2. The molecule has 0 spiro atoms. The number of amides is 3. The second-order valence-corrected chi connectivity index (χ2v) is 20.6. The Morgan fingerprint density at radius 3 is 1.99 bits per heavy atom. The number of piperazine rings is 1. The number of urea groups is 1. The Balaban J connectivity index is 0.999. The molecule has 4 aromatic rings. The molecule has 15 heteroatoms. The zero-order valence-electron chi connectivity index (χ0n) is 43.3. The molecule has 1 atom stereocenters. The zero-order chi connectivity index (χ0) is 50.1. The zero-order valence-corrected chi connectivity index (χ0v) is 43.3. The lowest BCUT2D eigenvalue weighted by molar-refractivity contribution is -0.148. The normalized spacial score (nSPS) is 17.0. The van der Waals surface area contributed by atoms with Crippen LogP contribution in [0.1, 0.15) is 152 Å². The molecular weight excluding hydrogens is 897 g/mol. The molecule has 0 aliphatic carbocycles. The monoisotopic (exact) mass is 979 g/mol. The van der Waals surface area contributed by atoms with Gasteiger partial charge in [-0.3, -0.25) is 28.6 Å². The Labute approximate surface area is 421 Å². The fourth-order valence-corrected chi connectivity index (χ4v) is 10.9. The van der Waals surface area contributed by atoms with Gasteiger partial charge in [0.1, 0.15) is 6.04 Å². The number of benzene rings is 2. The van der Waals surface area contributed by atoms with E-state index in [0.717, 1.165) is 105 Å². The number of aromatic nitrogens is 3. The molecule has 7 rings (SSSR count). The number of nitrogens with one attached hydrogen (secondary N) is 1. The van der Waals surface area contributed by atoms with Gasteiger partial charge in [-0.1, -0.05) is 102 Å². The number of hydrogen-bond donors (Lipinski definition) is 1. The highest BCUT2D eigenvalue weighted by Gasteiger charge is 2.34. The molecule has 0 saturated carbocycles. The van der Waals surface area contributed by atoms with Gasteiger partial charge in [0.05, 0.1) is 11.0 Å². The van der Waals surface area contributed by atoms with Crippen molar-refractivity contribution in [2.45, 2.75) is 174 Å². The highest BCUT2D eigenvalue weighted by Crippen LogP contribution is 2.29. The van der Waals surface area contributed by atoms with E-state index in [2.05, 4.69) is 36.0 Å². The summed E-state index contributed by atoms with van der Waals surface area (Å²) in [5, 5.41) is 9.68. The minimum absolute atomic E-state index is 0.0291. The largest absolute Gasteiger partial charge is 0.444 e. The molecule has 0 bridgehead atoms. The summed E-state index contributed by atoms with van der Waals surface area (Å²) in [4.78, 5) is 77.0. The molecule has 2 aromatic carbocycles. The lowest BCUT2D eigenvalue weighted by atomic mass is 9.89. The molecule has 0 radical (unpaired) electrons. The lowest BCUT2D eigenvalue weighted by Crippen LogP contribution is -2.59. The first-order chi connectivity index (χ1) is 34.5. The van der Waals surface area contributed by atoms with E-state index in [4.69, 9.17) is 14.6 Å². The van der Waals surface area contributed by atoms with Gasteiger partial charge in [-0.2, -0.15) is 5.10 Å². The van der Waals surface area contributed by atoms with Gasteiger partial charge < -0.3 is 29.5 Å². The molecule has 388 valence electrons. The number of pyridine rings is 1. The van der Waals surface area contributed by atoms with Crippen LogP contribution >= 0.6 is 0 Å². The summed E-state index contributed by atoms with van der Waals surface area (Å²) in [5.74, 6) is -0.713.